The number of unbranched alkanes of at least 4 members (excludes halogenated alkanes) is 2. The summed E-state index contributed by atoms with van der Waals surface area (Å²) in [6.07, 6.45) is 3.21. The Hall–Kier alpha value is -0.310. The van der Waals surface area contributed by atoms with Gasteiger partial charge in [0, 0.05) is 23.0 Å². The van der Waals surface area contributed by atoms with Crippen molar-refractivity contribution in [1.29, 1.82) is 0 Å². The Balaban J connectivity index is 2.23. The Morgan fingerprint density at radius 1 is 1.19 bits per heavy atom. The van der Waals surface area contributed by atoms with E-state index in [4.69, 9.17) is 23.2 Å². The summed E-state index contributed by atoms with van der Waals surface area (Å²) in [6.45, 7) is 1.40. The van der Waals surface area contributed by atoms with Gasteiger partial charge >= 0.3 is 0 Å². The second kappa shape index (κ2) is 7.88. The van der Waals surface area contributed by atoms with E-state index in [1.807, 2.05) is 0 Å². The van der Waals surface area contributed by atoms with Gasteiger partial charge in [-0.2, -0.15) is 0 Å². The molecule has 0 aliphatic rings. The minimum Gasteiger partial charge on any atom is -0.313 e. The summed E-state index contributed by atoms with van der Waals surface area (Å²) in [4.78, 5) is 0. The molecule has 0 heterocycles. The molecule has 1 aromatic rings. The molecule has 1 aromatic carbocycles. The first kappa shape index (κ1) is 13.8. The van der Waals surface area contributed by atoms with Crippen molar-refractivity contribution in [3.63, 3.8) is 0 Å². The van der Waals surface area contributed by atoms with Crippen molar-refractivity contribution in [3.05, 3.63) is 34.6 Å². The van der Waals surface area contributed by atoms with Crippen LogP contribution in [0.5, 0.6) is 0 Å². The molecule has 0 aliphatic carbocycles. The molecule has 0 amide bonds. The fraction of sp³-hybridized carbons (Fsp3) is 0.500. The molecule has 0 spiro atoms. The molecule has 0 bridgehead atoms. The molecule has 1 rings (SSSR count). The molecule has 1 nitrogen and oxygen atoms in total. The Kier molecular flexibility index (Phi) is 6.78. The topological polar surface area (TPSA) is 12.0 Å². The van der Waals surface area contributed by atoms with Crippen molar-refractivity contribution in [2.75, 3.05) is 12.4 Å². The fourth-order valence-electron chi connectivity index (χ4n) is 1.42. The highest BCUT2D eigenvalue weighted by Crippen LogP contribution is 2.14. The summed E-state index contributed by atoms with van der Waals surface area (Å²) in [7, 11) is 0. The SMILES string of the molecule is Fc1ccc(Cl)cc1CNCCCCCCl. The lowest BCUT2D eigenvalue weighted by Gasteiger charge is -2.06. The highest BCUT2D eigenvalue weighted by atomic mass is 35.5. The Labute approximate surface area is 106 Å². The molecule has 0 saturated carbocycles. The standard InChI is InChI=1S/C12H16Cl2FN/c13-6-2-1-3-7-16-9-10-8-11(14)4-5-12(10)15/h4-5,8,16H,1-3,6-7,9H2. The lowest BCUT2D eigenvalue weighted by Crippen LogP contribution is -2.15. The molecule has 0 aromatic heterocycles. The number of nitrogens with one attached hydrogen (secondary N) is 1. The van der Waals surface area contributed by atoms with E-state index < -0.39 is 0 Å². The van der Waals surface area contributed by atoms with Crippen molar-refractivity contribution >= 4 is 23.2 Å². The number of benzene rings is 1. The maximum atomic E-state index is 13.3. The molecule has 0 saturated heterocycles. The van der Waals surface area contributed by atoms with E-state index >= 15 is 0 Å². The van der Waals surface area contributed by atoms with Gasteiger partial charge in [0.25, 0.3) is 0 Å². The second-order valence-corrected chi connectivity index (χ2v) is 4.48. The highest BCUT2D eigenvalue weighted by molar-refractivity contribution is 6.30. The average Bonchev–Trinajstić information content (AvgIpc) is 2.28. The third-order valence-corrected chi connectivity index (χ3v) is 2.81. The van der Waals surface area contributed by atoms with E-state index in [2.05, 4.69) is 5.32 Å². The lowest BCUT2D eigenvalue weighted by atomic mass is 10.2. The number of rotatable bonds is 7. The van der Waals surface area contributed by atoms with Crippen LogP contribution in [0.2, 0.25) is 5.02 Å². The number of hydrogen-bond acceptors (Lipinski definition) is 1. The second-order valence-electron chi connectivity index (χ2n) is 3.66. The Morgan fingerprint density at radius 2 is 2.00 bits per heavy atom. The van der Waals surface area contributed by atoms with Crippen molar-refractivity contribution in [1.82, 2.24) is 5.32 Å². The van der Waals surface area contributed by atoms with Gasteiger partial charge in [-0.15, -0.1) is 11.6 Å². The molecule has 16 heavy (non-hydrogen) atoms. The van der Waals surface area contributed by atoms with Crippen LogP contribution in [0.15, 0.2) is 18.2 Å². The summed E-state index contributed by atoms with van der Waals surface area (Å²) in [5.41, 5.74) is 0.616. The van der Waals surface area contributed by atoms with Gasteiger partial charge in [-0.05, 0) is 37.6 Å². The molecule has 0 unspecified atom stereocenters. The Morgan fingerprint density at radius 3 is 2.75 bits per heavy atom. The van der Waals surface area contributed by atoms with Gasteiger partial charge < -0.3 is 5.32 Å². The molecular formula is C12H16Cl2FN. The minimum absolute atomic E-state index is 0.211. The van der Waals surface area contributed by atoms with Crippen molar-refractivity contribution in [2.24, 2.45) is 0 Å². The normalized spacial score (nSPS) is 10.7. The summed E-state index contributed by atoms with van der Waals surface area (Å²) in [5.74, 6) is 0.501. The maximum Gasteiger partial charge on any atom is 0.127 e. The predicted molar refractivity (Wildman–Crippen MR) is 67.7 cm³/mol. The van der Waals surface area contributed by atoms with Crippen molar-refractivity contribution in [2.45, 2.75) is 25.8 Å². The van der Waals surface area contributed by atoms with Crippen molar-refractivity contribution in [3.8, 4) is 0 Å². The fourth-order valence-corrected chi connectivity index (χ4v) is 1.81. The summed E-state index contributed by atoms with van der Waals surface area (Å²) in [5, 5.41) is 3.76. The van der Waals surface area contributed by atoms with E-state index in [0.717, 1.165) is 25.8 Å². The van der Waals surface area contributed by atoms with Crippen LogP contribution in [-0.4, -0.2) is 12.4 Å². The summed E-state index contributed by atoms with van der Waals surface area (Å²) in [6, 6.07) is 4.61. The molecule has 0 atom stereocenters. The minimum atomic E-state index is -0.211. The summed E-state index contributed by atoms with van der Waals surface area (Å²) >= 11 is 11.4. The molecule has 4 heteroatoms. The van der Waals surface area contributed by atoms with Crippen LogP contribution in [0.4, 0.5) is 4.39 Å². The van der Waals surface area contributed by atoms with E-state index in [0.29, 0.717) is 23.0 Å². The molecule has 90 valence electrons. The van der Waals surface area contributed by atoms with Gasteiger partial charge in [-0.25, -0.2) is 4.39 Å². The largest absolute Gasteiger partial charge is 0.313 e. The highest BCUT2D eigenvalue weighted by Gasteiger charge is 2.01. The van der Waals surface area contributed by atoms with Gasteiger partial charge in [0.2, 0.25) is 0 Å². The first-order valence-corrected chi connectivity index (χ1v) is 6.36. The van der Waals surface area contributed by atoms with Crippen LogP contribution in [0.25, 0.3) is 0 Å². The quantitative estimate of drug-likeness (QED) is 0.580. The molecule has 0 fully saturated rings. The van der Waals surface area contributed by atoms with Gasteiger partial charge in [0.1, 0.15) is 5.82 Å². The molecule has 1 N–H and O–H groups in total. The van der Waals surface area contributed by atoms with Crippen LogP contribution >= 0.6 is 23.2 Å². The number of alkyl halides is 1. The van der Waals surface area contributed by atoms with Crippen LogP contribution in [0.3, 0.4) is 0 Å². The van der Waals surface area contributed by atoms with Gasteiger partial charge in [-0.3, -0.25) is 0 Å². The summed E-state index contributed by atoms with van der Waals surface area (Å²) < 4.78 is 13.3. The van der Waals surface area contributed by atoms with E-state index in [1.54, 1.807) is 12.1 Å². The first-order valence-electron chi connectivity index (χ1n) is 5.44. The monoisotopic (exact) mass is 263 g/mol. The van der Waals surface area contributed by atoms with E-state index in [-0.39, 0.29) is 5.82 Å². The smallest absolute Gasteiger partial charge is 0.127 e. The molecular weight excluding hydrogens is 248 g/mol. The maximum absolute atomic E-state index is 13.3. The third kappa shape index (κ3) is 5.15. The zero-order valence-electron chi connectivity index (χ0n) is 9.11. The van der Waals surface area contributed by atoms with Crippen LogP contribution in [0.1, 0.15) is 24.8 Å². The van der Waals surface area contributed by atoms with Crippen molar-refractivity contribution < 1.29 is 4.39 Å². The first-order chi connectivity index (χ1) is 7.74. The predicted octanol–water partition coefficient (Wildman–Crippen LogP) is 3.98. The third-order valence-electron chi connectivity index (χ3n) is 2.31. The van der Waals surface area contributed by atoms with Gasteiger partial charge in [0.05, 0.1) is 0 Å². The Bertz CT molecular complexity index is 318. The van der Waals surface area contributed by atoms with Crippen LogP contribution in [-0.2, 0) is 6.54 Å². The zero-order chi connectivity index (χ0) is 11.8. The van der Waals surface area contributed by atoms with Gasteiger partial charge in [0.15, 0.2) is 0 Å². The zero-order valence-corrected chi connectivity index (χ0v) is 10.6. The average molecular weight is 264 g/mol. The number of hydrogen-bond donors (Lipinski definition) is 1. The van der Waals surface area contributed by atoms with E-state index in [1.165, 1.54) is 6.07 Å². The van der Waals surface area contributed by atoms with Crippen LogP contribution < -0.4 is 5.32 Å². The van der Waals surface area contributed by atoms with E-state index in [9.17, 15) is 4.39 Å². The molecule has 0 aliphatic heterocycles. The van der Waals surface area contributed by atoms with Gasteiger partial charge in [-0.1, -0.05) is 18.0 Å². The van der Waals surface area contributed by atoms with Crippen LogP contribution in [0, 0.1) is 5.82 Å². The lowest BCUT2D eigenvalue weighted by molar-refractivity contribution is 0.574. The number of halogens is 3. The molecule has 0 radical (unpaired) electrons.